The highest BCUT2D eigenvalue weighted by molar-refractivity contribution is 7.80. The van der Waals surface area contributed by atoms with E-state index in [1.54, 1.807) is 6.07 Å². The summed E-state index contributed by atoms with van der Waals surface area (Å²) in [5.41, 5.74) is 6.24. The lowest BCUT2D eigenvalue weighted by Gasteiger charge is -2.35. The number of hydrogen-bond acceptors (Lipinski definition) is 5. The van der Waals surface area contributed by atoms with Crippen LogP contribution in [0.3, 0.4) is 0 Å². The number of non-ortho nitro benzene ring substituents is 1. The summed E-state index contributed by atoms with van der Waals surface area (Å²) in [6, 6.07) is 4.69. The van der Waals surface area contributed by atoms with E-state index < -0.39 is 10.8 Å². The molecule has 0 unspecified atom stereocenters. The van der Waals surface area contributed by atoms with Crippen molar-refractivity contribution in [3.8, 4) is 0 Å². The van der Waals surface area contributed by atoms with Gasteiger partial charge in [0.15, 0.2) is 5.11 Å². The van der Waals surface area contributed by atoms with Crippen LogP contribution in [0.1, 0.15) is 56.3 Å². The van der Waals surface area contributed by atoms with E-state index in [1.807, 2.05) is 0 Å². The maximum absolute atomic E-state index is 12.8. The third kappa shape index (κ3) is 5.14. The highest BCUT2D eigenvalue weighted by Crippen LogP contribution is 2.30. The van der Waals surface area contributed by atoms with Crippen molar-refractivity contribution in [1.29, 1.82) is 0 Å². The predicted molar refractivity (Wildman–Crippen MR) is 117 cm³/mol. The summed E-state index contributed by atoms with van der Waals surface area (Å²) in [6.45, 7) is 6.14. The van der Waals surface area contributed by atoms with Crippen LogP contribution in [0.15, 0.2) is 18.2 Å². The number of nitro groups is 1. The first-order valence-electron chi connectivity index (χ1n) is 10.3. The average molecular weight is 420 g/mol. The number of hydrazine groups is 1. The van der Waals surface area contributed by atoms with Gasteiger partial charge in [0, 0.05) is 31.3 Å². The van der Waals surface area contributed by atoms with Gasteiger partial charge in [-0.05, 0) is 49.4 Å². The Labute approximate surface area is 176 Å². The van der Waals surface area contributed by atoms with Crippen LogP contribution in [0.2, 0.25) is 0 Å². The first-order chi connectivity index (χ1) is 13.9. The van der Waals surface area contributed by atoms with Crippen LogP contribution in [0.5, 0.6) is 0 Å². The minimum atomic E-state index is -0.490. The molecule has 1 saturated heterocycles. The Morgan fingerprint density at radius 3 is 2.59 bits per heavy atom. The van der Waals surface area contributed by atoms with E-state index >= 15 is 0 Å². The van der Waals surface area contributed by atoms with Crippen LogP contribution in [-0.2, 0) is 0 Å². The zero-order chi connectivity index (χ0) is 21.0. The van der Waals surface area contributed by atoms with Gasteiger partial charge in [-0.2, -0.15) is 0 Å². The van der Waals surface area contributed by atoms with E-state index in [2.05, 4.69) is 34.9 Å². The largest absolute Gasteiger partial charge is 0.371 e. The minimum Gasteiger partial charge on any atom is -0.371 e. The van der Waals surface area contributed by atoms with E-state index in [0.29, 0.717) is 22.6 Å². The van der Waals surface area contributed by atoms with E-state index in [0.717, 1.165) is 38.8 Å². The molecule has 0 radical (unpaired) electrons. The lowest BCUT2D eigenvalue weighted by atomic mass is 9.78. The smallest absolute Gasteiger partial charge is 0.272 e. The maximum Gasteiger partial charge on any atom is 0.272 e. The van der Waals surface area contributed by atoms with Gasteiger partial charge in [-0.15, -0.1) is 0 Å². The number of nitro benzene ring substituents is 1. The molecule has 1 aromatic carbocycles. The molecule has 1 aliphatic heterocycles. The molecule has 2 aliphatic rings. The van der Waals surface area contributed by atoms with Crippen molar-refractivity contribution in [1.82, 2.24) is 16.2 Å². The molecule has 3 rings (SSSR count). The number of carbonyl (C=O) groups excluding carboxylic acids is 1. The highest BCUT2D eigenvalue weighted by Gasteiger charge is 2.28. The van der Waals surface area contributed by atoms with Crippen molar-refractivity contribution >= 4 is 34.6 Å². The van der Waals surface area contributed by atoms with Gasteiger partial charge in [0.1, 0.15) is 0 Å². The van der Waals surface area contributed by atoms with Crippen LogP contribution >= 0.6 is 12.2 Å². The molecule has 1 aliphatic carbocycles. The third-order valence-corrected chi connectivity index (χ3v) is 6.42. The Kier molecular flexibility index (Phi) is 6.89. The molecule has 1 saturated carbocycles. The van der Waals surface area contributed by atoms with Gasteiger partial charge >= 0.3 is 0 Å². The van der Waals surface area contributed by atoms with Crippen molar-refractivity contribution in [3.05, 3.63) is 33.9 Å². The molecule has 1 aromatic rings. The van der Waals surface area contributed by atoms with E-state index in [1.165, 1.54) is 18.6 Å². The average Bonchev–Trinajstić information content (AvgIpc) is 3.24. The number of anilines is 1. The summed E-state index contributed by atoms with van der Waals surface area (Å²) in [5, 5.41) is 14.8. The Morgan fingerprint density at radius 1 is 1.17 bits per heavy atom. The number of rotatable bonds is 4. The quantitative estimate of drug-likeness (QED) is 0.392. The Balaban J connectivity index is 1.65. The van der Waals surface area contributed by atoms with Crippen molar-refractivity contribution in [2.45, 2.75) is 52.0 Å². The third-order valence-electron chi connectivity index (χ3n) is 6.20. The first kappa shape index (κ1) is 21.3. The molecule has 8 nitrogen and oxygen atoms in total. The molecular formula is C20H29N5O3S. The van der Waals surface area contributed by atoms with Crippen LogP contribution in [0.25, 0.3) is 0 Å². The summed E-state index contributed by atoms with van der Waals surface area (Å²) in [7, 11) is 0. The van der Waals surface area contributed by atoms with Gasteiger partial charge in [0.05, 0.1) is 16.2 Å². The SMILES string of the molecule is C[C@@H]1[C@@H](C)CCC[C@H]1NC(=S)NNC(=O)c1cc([N+](=O)[O-])ccc1N1CCCC1. The number of benzene rings is 1. The van der Waals surface area contributed by atoms with E-state index in [9.17, 15) is 14.9 Å². The van der Waals surface area contributed by atoms with Crippen molar-refractivity contribution in [2.24, 2.45) is 11.8 Å². The summed E-state index contributed by atoms with van der Waals surface area (Å²) in [5.74, 6) is 0.689. The second-order valence-corrected chi connectivity index (χ2v) is 8.49. The van der Waals surface area contributed by atoms with Crippen molar-refractivity contribution < 1.29 is 9.72 Å². The molecule has 1 heterocycles. The summed E-state index contributed by atoms with van der Waals surface area (Å²) < 4.78 is 0. The summed E-state index contributed by atoms with van der Waals surface area (Å²) >= 11 is 5.35. The first-order valence-corrected chi connectivity index (χ1v) is 10.7. The molecule has 158 valence electrons. The topological polar surface area (TPSA) is 99.5 Å². The molecule has 0 aromatic heterocycles. The number of carbonyl (C=O) groups is 1. The highest BCUT2D eigenvalue weighted by atomic mass is 32.1. The number of hydrogen-bond donors (Lipinski definition) is 3. The molecule has 3 atom stereocenters. The van der Waals surface area contributed by atoms with Gasteiger partial charge in [-0.25, -0.2) is 0 Å². The predicted octanol–water partition coefficient (Wildman–Crippen LogP) is 3.13. The minimum absolute atomic E-state index is 0.108. The van der Waals surface area contributed by atoms with Crippen molar-refractivity contribution in [3.63, 3.8) is 0 Å². The summed E-state index contributed by atoms with van der Waals surface area (Å²) in [4.78, 5) is 25.6. The van der Waals surface area contributed by atoms with Crippen LogP contribution in [0.4, 0.5) is 11.4 Å². The fourth-order valence-corrected chi connectivity index (χ4v) is 4.43. The van der Waals surface area contributed by atoms with Crippen LogP contribution in [0, 0.1) is 22.0 Å². The molecule has 9 heteroatoms. The number of nitrogens with one attached hydrogen (secondary N) is 3. The monoisotopic (exact) mass is 419 g/mol. The molecule has 2 fully saturated rings. The van der Waals surface area contributed by atoms with Gasteiger partial charge < -0.3 is 10.2 Å². The molecule has 0 spiro atoms. The fraction of sp³-hybridized carbons (Fsp3) is 0.600. The van der Waals surface area contributed by atoms with Gasteiger partial charge in [-0.3, -0.25) is 25.8 Å². The van der Waals surface area contributed by atoms with Gasteiger partial charge in [0.25, 0.3) is 11.6 Å². The molecule has 1 amide bonds. The van der Waals surface area contributed by atoms with E-state index in [-0.39, 0.29) is 17.3 Å². The molecule has 3 N–H and O–H groups in total. The fourth-order valence-electron chi connectivity index (χ4n) is 4.22. The zero-order valence-corrected chi connectivity index (χ0v) is 17.8. The molecule has 29 heavy (non-hydrogen) atoms. The second-order valence-electron chi connectivity index (χ2n) is 8.08. The normalized spacial score (nSPS) is 24.1. The standard InChI is InChI=1S/C20H29N5O3S/c1-13-6-5-7-17(14(13)2)21-20(29)23-22-19(26)16-12-15(25(27)28)8-9-18(16)24-10-3-4-11-24/h8-9,12-14,17H,3-7,10-11H2,1-2H3,(H,22,26)(H2,21,23,29)/t13-,14+,17+/m0/s1. The van der Waals surface area contributed by atoms with E-state index in [4.69, 9.17) is 12.2 Å². The van der Waals surface area contributed by atoms with Gasteiger partial charge in [0.2, 0.25) is 0 Å². The lowest BCUT2D eigenvalue weighted by Crippen LogP contribution is -2.52. The Morgan fingerprint density at radius 2 is 1.90 bits per heavy atom. The van der Waals surface area contributed by atoms with Crippen LogP contribution in [-0.4, -0.2) is 35.1 Å². The summed E-state index contributed by atoms with van der Waals surface area (Å²) in [6.07, 6.45) is 5.52. The Hall–Kier alpha value is -2.42. The zero-order valence-electron chi connectivity index (χ0n) is 16.9. The number of thiocarbonyl (C=S) groups is 1. The second kappa shape index (κ2) is 9.39. The maximum atomic E-state index is 12.8. The van der Waals surface area contributed by atoms with Crippen LogP contribution < -0.4 is 21.1 Å². The molecular weight excluding hydrogens is 390 g/mol. The number of nitrogens with zero attached hydrogens (tertiary/aromatic N) is 2. The Bertz CT molecular complexity index is 781. The molecule has 0 bridgehead atoms. The van der Waals surface area contributed by atoms with Crippen molar-refractivity contribution in [2.75, 3.05) is 18.0 Å². The number of amides is 1. The lowest BCUT2D eigenvalue weighted by molar-refractivity contribution is -0.384. The van der Waals surface area contributed by atoms with Gasteiger partial charge in [-0.1, -0.05) is 26.7 Å².